The Bertz CT molecular complexity index is 1310. The lowest BCUT2D eigenvalue weighted by molar-refractivity contribution is -0.118. The number of nitrogens with one attached hydrogen (secondary N) is 3. The van der Waals surface area contributed by atoms with Crippen LogP contribution < -0.4 is 25.4 Å². The molecule has 2 aromatic heterocycles. The molecule has 4 rings (SSSR count). The number of ether oxygens (including phenoxy) is 2. The van der Waals surface area contributed by atoms with Crippen molar-refractivity contribution in [2.45, 2.75) is 13.8 Å². The quantitative estimate of drug-likeness (QED) is 0.313. The van der Waals surface area contributed by atoms with Crippen LogP contribution in [0.15, 0.2) is 72.9 Å². The number of hydrogen-bond acceptors (Lipinski definition) is 8. The average molecular weight is 471 g/mol. The summed E-state index contributed by atoms with van der Waals surface area (Å²) in [6.45, 7) is 3.72. The predicted molar refractivity (Wildman–Crippen MR) is 136 cm³/mol. The van der Waals surface area contributed by atoms with Crippen LogP contribution in [0.3, 0.4) is 0 Å². The highest BCUT2D eigenvalue weighted by molar-refractivity contribution is 5.92. The van der Waals surface area contributed by atoms with Crippen LogP contribution in [0, 0.1) is 13.8 Å². The summed E-state index contributed by atoms with van der Waals surface area (Å²) >= 11 is 0. The molecule has 3 N–H and O–H groups in total. The Morgan fingerprint density at radius 3 is 2.29 bits per heavy atom. The first-order valence-electron chi connectivity index (χ1n) is 11.0. The standard InChI is InChI=1S/C26H26N6O3/c1-17-11-12-27-23(13-17)32-25-15-24(28-18(2)29-25)30-19-7-9-20(10-8-19)31-26(33)16-35-22-6-4-5-21(14-22)34-3/h4-15H,16H2,1-3H3,(H,31,33)(H2,27,28,29,30,32). The molecule has 0 saturated heterocycles. The number of aryl methyl sites for hydroxylation is 2. The molecular weight excluding hydrogens is 444 g/mol. The number of carbonyl (C=O) groups excluding carboxylic acids is 1. The molecule has 0 spiro atoms. The van der Waals surface area contributed by atoms with Gasteiger partial charge in [-0.2, -0.15) is 0 Å². The van der Waals surface area contributed by atoms with Crippen molar-refractivity contribution in [3.8, 4) is 11.5 Å². The van der Waals surface area contributed by atoms with Gasteiger partial charge in [-0.25, -0.2) is 15.0 Å². The van der Waals surface area contributed by atoms with Crippen molar-refractivity contribution in [3.63, 3.8) is 0 Å². The molecule has 0 fully saturated rings. The molecule has 0 radical (unpaired) electrons. The van der Waals surface area contributed by atoms with E-state index in [0.717, 1.165) is 11.3 Å². The third-order valence-corrected chi connectivity index (χ3v) is 4.86. The first kappa shape index (κ1) is 23.5. The molecule has 0 aliphatic carbocycles. The minimum atomic E-state index is -0.263. The predicted octanol–water partition coefficient (Wildman–Crippen LogP) is 5.00. The van der Waals surface area contributed by atoms with Crippen LogP contribution in [-0.4, -0.2) is 34.6 Å². The van der Waals surface area contributed by atoms with Crippen LogP contribution in [0.2, 0.25) is 0 Å². The number of methoxy groups -OCH3 is 1. The molecule has 0 aliphatic rings. The number of hydrogen-bond donors (Lipinski definition) is 3. The maximum Gasteiger partial charge on any atom is 0.262 e. The molecule has 4 aromatic rings. The summed E-state index contributed by atoms with van der Waals surface area (Å²) in [4.78, 5) is 25.4. The molecule has 35 heavy (non-hydrogen) atoms. The molecule has 0 saturated carbocycles. The lowest BCUT2D eigenvalue weighted by Crippen LogP contribution is -2.20. The fraction of sp³-hybridized carbons (Fsp3) is 0.154. The molecule has 2 aromatic carbocycles. The number of rotatable bonds is 9. The largest absolute Gasteiger partial charge is 0.497 e. The Morgan fingerprint density at radius 1 is 0.829 bits per heavy atom. The molecular formula is C26H26N6O3. The van der Waals surface area contributed by atoms with E-state index in [0.29, 0.717) is 40.5 Å². The van der Waals surface area contributed by atoms with Gasteiger partial charge in [0, 0.05) is 29.7 Å². The van der Waals surface area contributed by atoms with Crippen LogP contribution in [0.4, 0.5) is 28.8 Å². The summed E-state index contributed by atoms with van der Waals surface area (Å²) in [5, 5.41) is 9.28. The van der Waals surface area contributed by atoms with Crippen LogP contribution in [-0.2, 0) is 4.79 Å². The number of carbonyl (C=O) groups is 1. The Kier molecular flexibility index (Phi) is 7.37. The van der Waals surface area contributed by atoms with Crippen molar-refractivity contribution in [1.29, 1.82) is 0 Å². The summed E-state index contributed by atoms with van der Waals surface area (Å²) in [6, 6.07) is 20.1. The third-order valence-electron chi connectivity index (χ3n) is 4.86. The van der Waals surface area contributed by atoms with Crippen LogP contribution in [0.1, 0.15) is 11.4 Å². The van der Waals surface area contributed by atoms with Gasteiger partial charge in [0.25, 0.3) is 5.91 Å². The SMILES string of the molecule is COc1cccc(OCC(=O)Nc2ccc(Nc3cc(Nc4cc(C)ccn4)nc(C)n3)cc2)c1. The molecule has 9 heteroatoms. The summed E-state index contributed by atoms with van der Waals surface area (Å²) < 4.78 is 10.7. The van der Waals surface area contributed by atoms with E-state index in [1.807, 2.05) is 50.2 Å². The van der Waals surface area contributed by atoms with E-state index in [1.165, 1.54) is 0 Å². The van der Waals surface area contributed by atoms with Crippen molar-refractivity contribution < 1.29 is 14.3 Å². The van der Waals surface area contributed by atoms with Crippen LogP contribution in [0.5, 0.6) is 11.5 Å². The number of benzene rings is 2. The minimum Gasteiger partial charge on any atom is -0.497 e. The first-order valence-corrected chi connectivity index (χ1v) is 11.0. The normalized spacial score (nSPS) is 10.4. The molecule has 9 nitrogen and oxygen atoms in total. The Labute approximate surface area is 203 Å². The number of anilines is 5. The Hall–Kier alpha value is -4.66. The van der Waals surface area contributed by atoms with Gasteiger partial charge in [-0.3, -0.25) is 4.79 Å². The highest BCUT2D eigenvalue weighted by atomic mass is 16.5. The van der Waals surface area contributed by atoms with Crippen molar-refractivity contribution in [3.05, 3.63) is 84.3 Å². The zero-order valence-electron chi connectivity index (χ0n) is 19.7. The van der Waals surface area contributed by atoms with Gasteiger partial charge < -0.3 is 25.4 Å². The molecule has 1 amide bonds. The summed E-state index contributed by atoms with van der Waals surface area (Å²) in [7, 11) is 1.58. The summed E-state index contributed by atoms with van der Waals surface area (Å²) in [5.74, 6) is 3.56. The molecule has 0 atom stereocenters. The second-order valence-corrected chi connectivity index (χ2v) is 7.75. The van der Waals surface area contributed by atoms with Gasteiger partial charge in [0.2, 0.25) is 0 Å². The highest BCUT2D eigenvalue weighted by Gasteiger charge is 2.07. The summed E-state index contributed by atoms with van der Waals surface area (Å²) in [5.41, 5.74) is 2.57. The van der Waals surface area contributed by atoms with Gasteiger partial charge in [-0.1, -0.05) is 6.07 Å². The van der Waals surface area contributed by atoms with Crippen molar-refractivity contribution >= 4 is 34.7 Å². The second kappa shape index (κ2) is 11.0. The monoisotopic (exact) mass is 470 g/mol. The maximum atomic E-state index is 12.3. The number of pyridine rings is 1. The van der Waals surface area contributed by atoms with E-state index in [9.17, 15) is 4.79 Å². The fourth-order valence-electron chi connectivity index (χ4n) is 3.25. The van der Waals surface area contributed by atoms with E-state index in [2.05, 4.69) is 30.9 Å². The van der Waals surface area contributed by atoms with Gasteiger partial charge in [-0.05, 0) is 67.9 Å². The molecule has 178 valence electrons. The number of amides is 1. The van der Waals surface area contributed by atoms with E-state index < -0.39 is 0 Å². The highest BCUT2D eigenvalue weighted by Crippen LogP contribution is 2.22. The van der Waals surface area contributed by atoms with Gasteiger partial charge in [0.1, 0.15) is 34.8 Å². The third kappa shape index (κ3) is 6.91. The average Bonchev–Trinajstić information content (AvgIpc) is 2.84. The number of aromatic nitrogens is 3. The van der Waals surface area contributed by atoms with Gasteiger partial charge in [0.15, 0.2) is 6.61 Å². The fourth-order valence-corrected chi connectivity index (χ4v) is 3.25. The van der Waals surface area contributed by atoms with E-state index in [-0.39, 0.29) is 12.5 Å². The zero-order chi connectivity index (χ0) is 24.6. The molecule has 0 bridgehead atoms. The Morgan fingerprint density at radius 2 is 1.54 bits per heavy atom. The molecule has 0 unspecified atom stereocenters. The smallest absolute Gasteiger partial charge is 0.262 e. The van der Waals surface area contributed by atoms with Crippen LogP contribution in [0.25, 0.3) is 0 Å². The van der Waals surface area contributed by atoms with Gasteiger partial charge in [-0.15, -0.1) is 0 Å². The van der Waals surface area contributed by atoms with Crippen molar-refractivity contribution in [2.75, 3.05) is 29.7 Å². The van der Waals surface area contributed by atoms with Crippen molar-refractivity contribution in [1.82, 2.24) is 15.0 Å². The molecule has 0 aliphatic heterocycles. The lowest BCUT2D eigenvalue weighted by Gasteiger charge is -2.11. The van der Waals surface area contributed by atoms with E-state index in [1.54, 1.807) is 43.6 Å². The molecule has 2 heterocycles. The zero-order valence-corrected chi connectivity index (χ0v) is 19.7. The topological polar surface area (TPSA) is 110 Å². The lowest BCUT2D eigenvalue weighted by atomic mass is 10.2. The minimum absolute atomic E-state index is 0.112. The Balaban J connectivity index is 1.34. The summed E-state index contributed by atoms with van der Waals surface area (Å²) in [6.07, 6.45) is 1.75. The maximum absolute atomic E-state index is 12.3. The van der Waals surface area contributed by atoms with Crippen molar-refractivity contribution in [2.24, 2.45) is 0 Å². The van der Waals surface area contributed by atoms with Crippen LogP contribution >= 0.6 is 0 Å². The van der Waals surface area contributed by atoms with Gasteiger partial charge in [0.05, 0.1) is 7.11 Å². The van der Waals surface area contributed by atoms with E-state index >= 15 is 0 Å². The first-order chi connectivity index (χ1) is 17.0. The van der Waals surface area contributed by atoms with Gasteiger partial charge >= 0.3 is 0 Å². The number of nitrogens with zero attached hydrogens (tertiary/aromatic N) is 3. The second-order valence-electron chi connectivity index (χ2n) is 7.75. The van der Waals surface area contributed by atoms with E-state index in [4.69, 9.17) is 9.47 Å².